The molecule has 1 aliphatic rings. The van der Waals surface area contributed by atoms with E-state index < -0.39 is 15.8 Å². The van der Waals surface area contributed by atoms with E-state index in [9.17, 15) is 17.6 Å². The summed E-state index contributed by atoms with van der Waals surface area (Å²) in [5.41, 5.74) is 0.168. The van der Waals surface area contributed by atoms with Crippen LogP contribution in [0.1, 0.15) is 35.9 Å². The normalized spacial score (nSPS) is 16.4. The van der Waals surface area contributed by atoms with Crippen molar-refractivity contribution in [3.63, 3.8) is 0 Å². The fourth-order valence-corrected chi connectivity index (χ4v) is 4.42. The Balaban J connectivity index is 1.52. The smallest absolute Gasteiger partial charge is 0.260 e. The molecule has 1 aliphatic heterocycles. The third-order valence-electron chi connectivity index (χ3n) is 4.65. The molecule has 1 saturated heterocycles. The van der Waals surface area contributed by atoms with Crippen LogP contribution in [0.4, 0.5) is 4.39 Å². The van der Waals surface area contributed by atoms with E-state index in [1.807, 2.05) is 6.92 Å². The molecule has 2 aromatic rings. The second kappa shape index (κ2) is 8.13. The summed E-state index contributed by atoms with van der Waals surface area (Å²) >= 11 is 0. The monoisotopic (exact) mass is 395 g/mol. The number of pyridine rings is 1. The zero-order chi connectivity index (χ0) is 19.4. The molecule has 0 bridgehead atoms. The number of H-pyrrole nitrogens is 1. The number of amides is 1. The zero-order valence-corrected chi connectivity index (χ0v) is 15.8. The van der Waals surface area contributed by atoms with Crippen LogP contribution in [0, 0.1) is 11.7 Å². The molecule has 146 valence electrons. The van der Waals surface area contributed by atoms with Crippen molar-refractivity contribution in [1.82, 2.24) is 24.6 Å². The van der Waals surface area contributed by atoms with Crippen molar-refractivity contribution in [2.24, 2.45) is 5.92 Å². The number of rotatable bonds is 6. The number of hydrogen-bond acceptors (Lipinski definition) is 5. The maximum absolute atomic E-state index is 13.1. The van der Waals surface area contributed by atoms with Gasteiger partial charge in [0.25, 0.3) is 15.9 Å². The van der Waals surface area contributed by atoms with Gasteiger partial charge in [-0.25, -0.2) is 17.8 Å². The SMILES string of the molecule is CCc1ncc(S(=O)(=O)N2CCC(CNC(=O)c3cncc(F)c3)CC2)[nH]1. The number of halogens is 1. The molecule has 10 heteroatoms. The van der Waals surface area contributed by atoms with E-state index in [4.69, 9.17) is 0 Å². The van der Waals surface area contributed by atoms with Crippen LogP contribution in [-0.2, 0) is 16.4 Å². The summed E-state index contributed by atoms with van der Waals surface area (Å²) in [5.74, 6) is -0.152. The molecule has 8 nitrogen and oxygen atoms in total. The van der Waals surface area contributed by atoms with Crippen LogP contribution < -0.4 is 5.32 Å². The Morgan fingerprint density at radius 3 is 2.70 bits per heavy atom. The third kappa shape index (κ3) is 4.51. The first-order valence-electron chi connectivity index (χ1n) is 8.83. The lowest BCUT2D eigenvalue weighted by molar-refractivity contribution is 0.0940. The molecule has 1 fully saturated rings. The van der Waals surface area contributed by atoms with Crippen molar-refractivity contribution in [1.29, 1.82) is 0 Å². The Morgan fingerprint density at radius 2 is 2.07 bits per heavy atom. The molecule has 0 aromatic carbocycles. The molecular weight excluding hydrogens is 373 g/mol. The molecule has 0 aliphatic carbocycles. The molecule has 3 rings (SSSR count). The van der Waals surface area contributed by atoms with Crippen LogP contribution in [0.5, 0.6) is 0 Å². The lowest BCUT2D eigenvalue weighted by Crippen LogP contribution is -2.41. The highest BCUT2D eigenvalue weighted by atomic mass is 32.2. The van der Waals surface area contributed by atoms with Crippen LogP contribution >= 0.6 is 0 Å². The second-order valence-corrected chi connectivity index (χ2v) is 8.40. The van der Waals surface area contributed by atoms with Gasteiger partial charge in [-0.05, 0) is 24.8 Å². The van der Waals surface area contributed by atoms with Crippen molar-refractivity contribution < 1.29 is 17.6 Å². The summed E-state index contributed by atoms with van der Waals surface area (Å²) in [6.07, 6.45) is 5.61. The molecule has 0 radical (unpaired) electrons. The van der Waals surface area contributed by atoms with Gasteiger partial charge in [0, 0.05) is 32.3 Å². The summed E-state index contributed by atoms with van der Waals surface area (Å²) in [7, 11) is -3.58. The van der Waals surface area contributed by atoms with Gasteiger partial charge in [0.05, 0.1) is 18.0 Å². The Bertz CT molecular complexity index is 907. The first-order valence-corrected chi connectivity index (χ1v) is 10.3. The van der Waals surface area contributed by atoms with E-state index in [1.54, 1.807) is 0 Å². The van der Waals surface area contributed by atoms with Crippen LogP contribution in [0.25, 0.3) is 0 Å². The highest BCUT2D eigenvalue weighted by Gasteiger charge is 2.30. The number of imidazole rings is 1. The number of aryl methyl sites for hydroxylation is 1. The number of piperidine rings is 1. The second-order valence-electron chi connectivity index (χ2n) is 6.50. The van der Waals surface area contributed by atoms with Gasteiger partial charge in [-0.15, -0.1) is 0 Å². The molecule has 0 unspecified atom stereocenters. The predicted molar refractivity (Wildman–Crippen MR) is 96.0 cm³/mol. The van der Waals surface area contributed by atoms with Crippen LogP contribution in [0.3, 0.4) is 0 Å². The van der Waals surface area contributed by atoms with Gasteiger partial charge in [-0.1, -0.05) is 6.92 Å². The number of carbonyl (C=O) groups excluding carboxylic acids is 1. The molecule has 3 heterocycles. The Kier molecular flexibility index (Phi) is 5.85. The summed E-state index contributed by atoms with van der Waals surface area (Å²) < 4.78 is 39.9. The molecule has 0 saturated carbocycles. The molecule has 0 spiro atoms. The van der Waals surface area contributed by atoms with E-state index in [-0.39, 0.29) is 22.4 Å². The van der Waals surface area contributed by atoms with Gasteiger partial charge >= 0.3 is 0 Å². The molecule has 0 atom stereocenters. The number of aromatic nitrogens is 3. The highest BCUT2D eigenvalue weighted by molar-refractivity contribution is 7.89. The number of carbonyl (C=O) groups is 1. The van der Waals surface area contributed by atoms with E-state index in [0.717, 1.165) is 12.3 Å². The summed E-state index contributed by atoms with van der Waals surface area (Å²) in [4.78, 5) is 22.6. The van der Waals surface area contributed by atoms with Gasteiger partial charge in [0.2, 0.25) is 0 Å². The number of hydrogen-bond donors (Lipinski definition) is 2. The largest absolute Gasteiger partial charge is 0.352 e. The van der Waals surface area contributed by atoms with E-state index in [2.05, 4.69) is 20.3 Å². The van der Waals surface area contributed by atoms with Gasteiger partial charge in [-0.2, -0.15) is 4.31 Å². The van der Waals surface area contributed by atoms with Crippen LogP contribution in [-0.4, -0.2) is 53.2 Å². The molecule has 1 amide bonds. The van der Waals surface area contributed by atoms with Gasteiger partial charge in [-0.3, -0.25) is 9.78 Å². The van der Waals surface area contributed by atoms with Crippen LogP contribution in [0.2, 0.25) is 0 Å². The van der Waals surface area contributed by atoms with Gasteiger partial charge in [0.15, 0.2) is 5.03 Å². The van der Waals surface area contributed by atoms with Crippen molar-refractivity contribution in [3.8, 4) is 0 Å². The Hall–Kier alpha value is -2.33. The van der Waals surface area contributed by atoms with E-state index in [0.29, 0.717) is 44.7 Å². The van der Waals surface area contributed by atoms with E-state index in [1.165, 1.54) is 16.7 Å². The molecule has 27 heavy (non-hydrogen) atoms. The summed E-state index contributed by atoms with van der Waals surface area (Å²) in [6.45, 7) is 3.07. The molecule has 2 N–H and O–H groups in total. The van der Waals surface area contributed by atoms with Gasteiger partial charge in [0.1, 0.15) is 11.6 Å². The van der Waals surface area contributed by atoms with Gasteiger partial charge < -0.3 is 10.3 Å². The third-order valence-corrected chi connectivity index (χ3v) is 6.46. The minimum absolute atomic E-state index is 0.115. The molecule has 2 aromatic heterocycles. The fourth-order valence-electron chi connectivity index (χ4n) is 3.02. The maximum atomic E-state index is 13.1. The van der Waals surface area contributed by atoms with Crippen molar-refractivity contribution in [3.05, 3.63) is 41.9 Å². The average molecular weight is 395 g/mol. The summed E-state index contributed by atoms with van der Waals surface area (Å²) in [6, 6.07) is 1.13. The zero-order valence-electron chi connectivity index (χ0n) is 15.0. The predicted octanol–water partition coefficient (Wildman–Crippen LogP) is 1.34. The van der Waals surface area contributed by atoms with Crippen LogP contribution in [0.15, 0.2) is 29.7 Å². The lowest BCUT2D eigenvalue weighted by atomic mass is 9.98. The topological polar surface area (TPSA) is 108 Å². The Labute approximate surface area is 157 Å². The minimum atomic E-state index is -3.58. The first kappa shape index (κ1) is 19.4. The minimum Gasteiger partial charge on any atom is -0.352 e. The lowest BCUT2D eigenvalue weighted by Gasteiger charge is -2.30. The first-order chi connectivity index (χ1) is 12.9. The quantitative estimate of drug-likeness (QED) is 0.767. The average Bonchev–Trinajstić information content (AvgIpc) is 3.16. The number of sulfonamides is 1. The maximum Gasteiger partial charge on any atom is 0.260 e. The highest BCUT2D eigenvalue weighted by Crippen LogP contribution is 2.22. The molecular formula is C17H22FN5O3S. The van der Waals surface area contributed by atoms with Crippen molar-refractivity contribution in [2.45, 2.75) is 31.2 Å². The number of nitrogens with one attached hydrogen (secondary N) is 2. The number of aromatic amines is 1. The Morgan fingerprint density at radius 1 is 1.33 bits per heavy atom. The summed E-state index contributed by atoms with van der Waals surface area (Å²) in [5, 5.41) is 2.88. The standard InChI is InChI=1S/C17H22FN5O3S/c1-2-15-20-11-16(22-15)27(25,26)23-5-3-12(4-6-23)8-21-17(24)13-7-14(18)10-19-9-13/h7,9-12H,2-6,8H2,1H3,(H,20,22)(H,21,24). The fraction of sp³-hybridized carbons (Fsp3) is 0.471. The van der Waals surface area contributed by atoms with Crippen molar-refractivity contribution >= 4 is 15.9 Å². The van der Waals surface area contributed by atoms with E-state index >= 15 is 0 Å². The number of nitrogens with zero attached hydrogens (tertiary/aromatic N) is 3. The van der Waals surface area contributed by atoms with Crippen molar-refractivity contribution in [2.75, 3.05) is 19.6 Å².